The third-order valence-electron chi connectivity index (χ3n) is 3.27. The van der Waals surface area contributed by atoms with Crippen LogP contribution in [0.4, 0.5) is 0 Å². The molecular weight excluding hydrogens is 278 g/mol. The Bertz CT molecular complexity index is 746. The maximum Gasteiger partial charge on any atom is 0.304 e. The predicted molar refractivity (Wildman–Crippen MR) is 81.0 cm³/mol. The van der Waals surface area contributed by atoms with Crippen molar-refractivity contribution >= 4 is 11.8 Å². The minimum Gasteiger partial charge on any atom is -0.440 e. The first-order chi connectivity index (χ1) is 10.5. The van der Waals surface area contributed by atoms with Crippen LogP contribution in [0.25, 0.3) is 0 Å². The van der Waals surface area contributed by atoms with E-state index in [0.717, 1.165) is 0 Å². The topological polar surface area (TPSA) is 67.2 Å². The van der Waals surface area contributed by atoms with Crippen molar-refractivity contribution < 1.29 is 14.3 Å². The molecule has 0 bridgehead atoms. The Hall–Kier alpha value is -2.93. The summed E-state index contributed by atoms with van der Waals surface area (Å²) < 4.78 is 5.10. The van der Waals surface area contributed by atoms with E-state index in [1.54, 1.807) is 48.5 Å². The van der Waals surface area contributed by atoms with E-state index in [2.05, 4.69) is 0 Å². The van der Waals surface area contributed by atoms with Crippen molar-refractivity contribution in [3.8, 4) is 6.07 Å². The predicted octanol–water partition coefficient (Wildman–Crippen LogP) is 3.22. The fraction of sp³-hybridized carbons (Fsp3) is 0.167. The van der Waals surface area contributed by atoms with Crippen LogP contribution in [0.5, 0.6) is 0 Å². The number of ether oxygens (including phenoxy) is 1. The van der Waals surface area contributed by atoms with E-state index in [9.17, 15) is 14.9 Å². The van der Waals surface area contributed by atoms with Crippen LogP contribution in [-0.4, -0.2) is 11.8 Å². The molecule has 2 aromatic rings. The van der Waals surface area contributed by atoms with E-state index < -0.39 is 11.6 Å². The van der Waals surface area contributed by atoms with Gasteiger partial charge in [0, 0.05) is 23.6 Å². The summed E-state index contributed by atoms with van der Waals surface area (Å²) in [7, 11) is 0. The van der Waals surface area contributed by atoms with Crippen LogP contribution < -0.4 is 0 Å². The van der Waals surface area contributed by atoms with Crippen molar-refractivity contribution in [3.63, 3.8) is 0 Å². The van der Waals surface area contributed by atoms with Crippen LogP contribution >= 0.6 is 0 Å². The van der Waals surface area contributed by atoms with Gasteiger partial charge in [0.1, 0.15) is 6.07 Å². The third-order valence-corrected chi connectivity index (χ3v) is 3.27. The van der Waals surface area contributed by atoms with Gasteiger partial charge in [0.2, 0.25) is 5.60 Å². The first-order valence-corrected chi connectivity index (χ1v) is 6.77. The standard InChI is InChI=1S/C18H15NO3/c1-13(20)22-18(2,12-19)16-10-6-9-15(11-16)17(21)14-7-4-3-5-8-14/h3-11H,1-2H3. The number of nitrogens with zero attached hydrogens (tertiary/aromatic N) is 1. The normalized spacial score (nSPS) is 12.8. The monoisotopic (exact) mass is 293 g/mol. The summed E-state index contributed by atoms with van der Waals surface area (Å²) in [6.07, 6.45) is 0. The highest BCUT2D eigenvalue weighted by Gasteiger charge is 2.30. The Morgan fingerprint density at radius 1 is 1.05 bits per heavy atom. The second kappa shape index (κ2) is 6.23. The number of benzene rings is 2. The summed E-state index contributed by atoms with van der Waals surface area (Å²) in [6, 6.07) is 17.4. The van der Waals surface area contributed by atoms with E-state index in [-0.39, 0.29) is 5.78 Å². The number of ketones is 1. The molecule has 0 radical (unpaired) electrons. The molecule has 0 aliphatic carbocycles. The summed E-state index contributed by atoms with van der Waals surface area (Å²) in [5.74, 6) is -0.700. The molecule has 0 aromatic heterocycles. The Morgan fingerprint density at radius 3 is 2.27 bits per heavy atom. The van der Waals surface area contributed by atoms with Crippen molar-refractivity contribution in [2.45, 2.75) is 19.4 Å². The quantitative estimate of drug-likeness (QED) is 0.641. The van der Waals surface area contributed by atoms with Gasteiger partial charge in [0.15, 0.2) is 5.78 Å². The Labute approximate surface area is 129 Å². The lowest BCUT2D eigenvalue weighted by molar-refractivity contribution is -0.151. The molecule has 4 heteroatoms. The van der Waals surface area contributed by atoms with Gasteiger partial charge in [-0.2, -0.15) is 5.26 Å². The maximum absolute atomic E-state index is 12.4. The molecule has 2 aromatic carbocycles. The van der Waals surface area contributed by atoms with Gasteiger partial charge < -0.3 is 4.74 Å². The van der Waals surface area contributed by atoms with Gasteiger partial charge in [-0.25, -0.2) is 0 Å². The van der Waals surface area contributed by atoms with Gasteiger partial charge in [-0.3, -0.25) is 9.59 Å². The van der Waals surface area contributed by atoms with Gasteiger partial charge in [0.05, 0.1) is 0 Å². The SMILES string of the molecule is CC(=O)OC(C)(C#N)c1cccc(C(=O)c2ccccc2)c1. The number of nitriles is 1. The summed E-state index contributed by atoms with van der Waals surface area (Å²) in [6.45, 7) is 2.75. The van der Waals surface area contributed by atoms with Crippen molar-refractivity contribution in [1.82, 2.24) is 0 Å². The van der Waals surface area contributed by atoms with E-state index >= 15 is 0 Å². The van der Waals surface area contributed by atoms with E-state index in [4.69, 9.17) is 4.74 Å². The minimum atomic E-state index is -1.42. The molecule has 0 N–H and O–H groups in total. The number of hydrogen-bond donors (Lipinski definition) is 0. The molecular formula is C18H15NO3. The Kier molecular flexibility index (Phi) is 4.38. The molecule has 1 unspecified atom stereocenters. The molecule has 0 spiro atoms. The number of carbonyl (C=O) groups is 2. The highest BCUT2D eigenvalue weighted by molar-refractivity contribution is 6.09. The lowest BCUT2D eigenvalue weighted by Gasteiger charge is -2.22. The molecule has 0 aliphatic rings. The zero-order valence-corrected chi connectivity index (χ0v) is 12.4. The molecule has 0 heterocycles. The second-order valence-electron chi connectivity index (χ2n) is 5.01. The Morgan fingerprint density at radius 2 is 1.68 bits per heavy atom. The minimum absolute atomic E-state index is 0.148. The van der Waals surface area contributed by atoms with Gasteiger partial charge >= 0.3 is 5.97 Å². The van der Waals surface area contributed by atoms with Crippen molar-refractivity contribution in [2.24, 2.45) is 0 Å². The lowest BCUT2D eigenvalue weighted by atomic mass is 9.93. The van der Waals surface area contributed by atoms with Gasteiger partial charge in [-0.15, -0.1) is 0 Å². The van der Waals surface area contributed by atoms with Crippen molar-refractivity contribution in [3.05, 3.63) is 71.3 Å². The fourth-order valence-electron chi connectivity index (χ4n) is 2.15. The molecule has 1 atom stereocenters. The van der Waals surface area contributed by atoms with Crippen LogP contribution in [0.15, 0.2) is 54.6 Å². The zero-order chi connectivity index (χ0) is 16.2. The van der Waals surface area contributed by atoms with Crippen molar-refractivity contribution in [2.75, 3.05) is 0 Å². The average Bonchev–Trinajstić information content (AvgIpc) is 2.54. The summed E-state index contributed by atoms with van der Waals surface area (Å²) in [5.41, 5.74) is 0.0498. The number of esters is 1. The Balaban J connectivity index is 2.41. The van der Waals surface area contributed by atoms with E-state index in [0.29, 0.717) is 16.7 Å². The molecule has 4 nitrogen and oxygen atoms in total. The molecule has 0 fully saturated rings. The molecule has 0 saturated heterocycles. The van der Waals surface area contributed by atoms with E-state index in [1.165, 1.54) is 13.8 Å². The highest BCUT2D eigenvalue weighted by atomic mass is 16.6. The summed E-state index contributed by atoms with van der Waals surface area (Å²) in [4.78, 5) is 23.6. The second-order valence-corrected chi connectivity index (χ2v) is 5.01. The van der Waals surface area contributed by atoms with Gasteiger partial charge in [-0.05, 0) is 13.0 Å². The lowest BCUT2D eigenvalue weighted by Crippen LogP contribution is -2.26. The van der Waals surface area contributed by atoms with Crippen LogP contribution in [0.1, 0.15) is 35.3 Å². The molecule has 2 rings (SSSR count). The van der Waals surface area contributed by atoms with Gasteiger partial charge in [-0.1, -0.05) is 48.5 Å². The first-order valence-electron chi connectivity index (χ1n) is 6.77. The van der Waals surface area contributed by atoms with Crippen LogP contribution in [0.2, 0.25) is 0 Å². The molecule has 0 amide bonds. The fourth-order valence-corrected chi connectivity index (χ4v) is 2.15. The summed E-state index contributed by atoms with van der Waals surface area (Å²) >= 11 is 0. The largest absolute Gasteiger partial charge is 0.440 e. The van der Waals surface area contributed by atoms with E-state index in [1.807, 2.05) is 12.1 Å². The number of hydrogen-bond acceptors (Lipinski definition) is 4. The summed E-state index contributed by atoms with van der Waals surface area (Å²) in [5, 5.41) is 9.32. The first kappa shape index (κ1) is 15.5. The third kappa shape index (κ3) is 3.21. The number of rotatable bonds is 4. The van der Waals surface area contributed by atoms with Crippen LogP contribution in [-0.2, 0) is 15.1 Å². The number of carbonyl (C=O) groups excluding carboxylic acids is 2. The molecule has 0 saturated carbocycles. The van der Waals surface area contributed by atoms with Crippen LogP contribution in [0, 0.1) is 11.3 Å². The smallest absolute Gasteiger partial charge is 0.304 e. The maximum atomic E-state index is 12.4. The average molecular weight is 293 g/mol. The molecule has 22 heavy (non-hydrogen) atoms. The molecule has 0 aliphatic heterocycles. The highest BCUT2D eigenvalue weighted by Crippen LogP contribution is 2.26. The van der Waals surface area contributed by atoms with Crippen LogP contribution in [0.3, 0.4) is 0 Å². The van der Waals surface area contributed by atoms with Gasteiger partial charge in [0.25, 0.3) is 0 Å². The molecule has 110 valence electrons. The zero-order valence-electron chi connectivity index (χ0n) is 12.4. The van der Waals surface area contributed by atoms with Crippen molar-refractivity contribution in [1.29, 1.82) is 5.26 Å².